The van der Waals surface area contributed by atoms with E-state index in [0.29, 0.717) is 11.3 Å². The summed E-state index contributed by atoms with van der Waals surface area (Å²) in [5.74, 6) is 1.60. The van der Waals surface area contributed by atoms with E-state index in [1.54, 1.807) is 0 Å². The minimum absolute atomic E-state index is 0. The first kappa shape index (κ1) is 17.6. The molecule has 1 spiro atoms. The van der Waals surface area contributed by atoms with Gasteiger partial charge in [0.2, 0.25) is 0 Å². The number of nitrogens with zero attached hydrogens (tertiary/aromatic N) is 4. The zero-order valence-corrected chi connectivity index (χ0v) is 16.0. The van der Waals surface area contributed by atoms with Crippen LogP contribution in [0.5, 0.6) is 0 Å². The van der Waals surface area contributed by atoms with E-state index in [9.17, 15) is 0 Å². The summed E-state index contributed by atoms with van der Waals surface area (Å²) in [6.07, 6.45) is 9.44. The minimum atomic E-state index is 0. The van der Waals surface area contributed by atoms with E-state index < -0.39 is 0 Å². The van der Waals surface area contributed by atoms with Gasteiger partial charge in [0.05, 0.1) is 0 Å². The predicted octanol–water partition coefficient (Wildman–Crippen LogP) is 2.59. The lowest BCUT2D eigenvalue weighted by Gasteiger charge is -2.38. The molecule has 1 aromatic heterocycles. The predicted molar refractivity (Wildman–Crippen MR) is 101 cm³/mol. The van der Waals surface area contributed by atoms with E-state index >= 15 is 0 Å². The topological polar surface area (TPSA) is 45.5 Å². The fourth-order valence-corrected chi connectivity index (χ4v) is 3.59. The number of rotatable bonds is 4. The van der Waals surface area contributed by atoms with E-state index in [1.807, 2.05) is 30.2 Å². The molecular weight excluding hydrogens is 389 g/mol. The van der Waals surface area contributed by atoms with Gasteiger partial charge >= 0.3 is 0 Å². The lowest BCUT2D eigenvalue weighted by Crippen LogP contribution is -2.44. The average molecular weight is 417 g/mol. The average Bonchev–Trinajstić information content (AvgIpc) is 3.08. The van der Waals surface area contributed by atoms with Gasteiger partial charge in [0.25, 0.3) is 0 Å². The summed E-state index contributed by atoms with van der Waals surface area (Å²) in [5, 5.41) is 7.81. The van der Waals surface area contributed by atoms with Crippen LogP contribution < -0.4 is 5.32 Å². The highest BCUT2D eigenvalue weighted by atomic mass is 127. The maximum absolute atomic E-state index is 4.47. The summed E-state index contributed by atoms with van der Waals surface area (Å²) in [7, 11) is 1.90. The van der Waals surface area contributed by atoms with Crippen molar-refractivity contribution in [3.8, 4) is 0 Å². The number of nitrogens with one attached hydrogen (secondary N) is 1. The van der Waals surface area contributed by atoms with Crippen molar-refractivity contribution in [1.82, 2.24) is 20.0 Å². The Morgan fingerprint density at radius 1 is 1.41 bits per heavy atom. The van der Waals surface area contributed by atoms with Crippen LogP contribution in [-0.4, -0.2) is 47.3 Å². The summed E-state index contributed by atoms with van der Waals surface area (Å²) in [4.78, 5) is 6.92. The van der Waals surface area contributed by atoms with E-state index in [0.717, 1.165) is 25.6 Å². The molecule has 1 saturated carbocycles. The molecule has 1 saturated heterocycles. The van der Waals surface area contributed by atoms with E-state index in [2.05, 4.69) is 27.2 Å². The Morgan fingerprint density at radius 2 is 2.23 bits per heavy atom. The normalized spacial score (nSPS) is 21.4. The number of halogens is 1. The fourth-order valence-electron chi connectivity index (χ4n) is 3.59. The van der Waals surface area contributed by atoms with Crippen molar-refractivity contribution in [2.24, 2.45) is 16.3 Å². The maximum Gasteiger partial charge on any atom is 0.193 e. The summed E-state index contributed by atoms with van der Waals surface area (Å²) in [6.45, 7) is 6.49. The molecule has 1 atom stereocenters. The van der Waals surface area contributed by atoms with Crippen LogP contribution in [0.15, 0.2) is 23.5 Å². The molecule has 2 aliphatic rings. The quantitative estimate of drug-likeness (QED) is 0.466. The molecule has 0 aromatic carbocycles. The number of likely N-dealkylation sites (tertiary alicyclic amines) is 1. The molecule has 22 heavy (non-hydrogen) atoms. The summed E-state index contributed by atoms with van der Waals surface area (Å²) in [6, 6.07) is 1.97. The van der Waals surface area contributed by atoms with Gasteiger partial charge in [-0.3, -0.25) is 9.67 Å². The van der Waals surface area contributed by atoms with Gasteiger partial charge in [-0.25, -0.2) is 0 Å². The molecule has 1 aliphatic carbocycles. The first-order chi connectivity index (χ1) is 10.2. The Hall–Kier alpha value is -0.790. The largest absolute Gasteiger partial charge is 0.356 e. The lowest BCUT2D eigenvalue weighted by molar-refractivity contribution is 0.151. The Kier molecular flexibility index (Phi) is 6.11. The van der Waals surface area contributed by atoms with Gasteiger partial charge in [-0.1, -0.05) is 13.3 Å². The van der Waals surface area contributed by atoms with Gasteiger partial charge in [0.1, 0.15) is 0 Å². The third-order valence-electron chi connectivity index (χ3n) is 5.03. The SMILES string of the molecule is CN=C(NCC(C)Cn1cccn1)N1CCC2(CCC2)C1.I. The highest BCUT2D eigenvalue weighted by molar-refractivity contribution is 14.0. The smallest absolute Gasteiger partial charge is 0.193 e. The van der Waals surface area contributed by atoms with Crippen LogP contribution in [0.2, 0.25) is 0 Å². The third kappa shape index (κ3) is 3.94. The molecule has 1 N–H and O–H groups in total. The Bertz CT molecular complexity index is 481. The van der Waals surface area contributed by atoms with Gasteiger partial charge in [0, 0.05) is 45.6 Å². The first-order valence-electron chi connectivity index (χ1n) is 8.14. The number of guanidine groups is 1. The molecule has 6 heteroatoms. The summed E-state index contributed by atoms with van der Waals surface area (Å²) in [5.41, 5.74) is 0.623. The van der Waals surface area contributed by atoms with Crippen molar-refractivity contribution >= 4 is 29.9 Å². The molecular formula is C16H28IN5. The van der Waals surface area contributed by atoms with E-state index in [-0.39, 0.29) is 24.0 Å². The van der Waals surface area contributed by atoms with Crippen LogP contribution in [0, 0.1) is 11.3 Å². The molecule has 1 aliphatic heterocycles. The number of aromatic nitrogens is 2. The lowest BCUT2D eigenvalue weighted by atomic mass is 9.68. The van der Waals surface area contributed by atoms with E-state index in [4.69, 9.17) is 0 Å². The van der Waals surface area contributed by atoms with Crippen molar-refractivity contribution in [1.29, 1.82) is 0 Å². The second kappa shape index (κ2) is 7.66. The number of hydrogen-bond acceptors (Lipinski definition) is 2. The Labute approximate surface area is 150 Å². The van der Waals surface area contributed by atoms with Gasteiger partial charge in [-0.05, 0) is 36.7 Å². The Morgan fingerprint density at radius 3 is 2.77 bits per heavy atom. The third-order valence-corrected chi connectivity index (χ3v) is 5.03. The van der Waals surface area contributed by atoms with Crippen LogP contribution in [0.3, 0.4) is 0 Å². The molecule has 0 bridgehead atoms. The van der Waals surface area contributed by atoms with Gasteiger partial charge in [0.15, 0.2) is 5.96 Å². The van der Waals surface area contributed by atoms with Crippen LogP contribution in [0.4, 0.5) is 0 Å². The second-order valence-electron chi connectivity index (χ2n) is 6.79. The van der Waals surface area contributed by atoms with Crippen molar-refractivity contribution in [3.05, 3.63) is 18.5 Å². The van der Waals surface area contributed by atoms with Crippen molar-refractivity contribution < 1.29 is 0 Å². The molecule has 3 rings (SSSR count). The molecule has 2 fully saturated rings. The molecule has 124 valence electrons. The minimum Gasteiger partial charge on any atom is -0.356 e. The highest BCUT2D eigenvalue weighted by Gasteiger charge is 2.43. The van der Waals surface area contributed by atoms with Crippen LogP contribution in [0.25, 0.3) is 0 Å². The van der Waals surface area contributed by atoms with Gasteiger partial charge in [-0.2, -0.15) is 5.10 Å². The standard InChI is InChI=1S/C16H27N5.HI/c1-14(12-21-9-4-8-19-21)11-18-15(17-2)20-10-7-16(13-20)5-3-6-16;/h4,8-9,14H,3,5-7,10-13H2,1-2H3,(H,17,18);1H. The van der Waals surface area contributed by atoms with Crippen molar-refractivity contribution in [3.63, 3.8) is 0 Å². The first-order valence-corrected chi connectivity index (χ1v) is 8.14. The van der Waals surface area contributed by atoms with Gasteiger partial charge < -0.3 is 10.2 Å². The Balaban J connectivity index is 0.00000176. The van der Waals surface area contributed by atoms with E-state index in [1.165, 1.54) is 32.2 Å². The molecule has 2 heterocycles. The van der Waals surface area contributed by atoms with Crippen LogP contribution in [0.1, 0.15) is 32.6 Å². The monoisotopic (exact) mass is 417 g/mol. The summed E-state index contributed by atoms with van der Waals surface area (Å²) < 4.78 is 1.99. The van der Waals surface area contributed by atoms with Crippen molar-refractivity contribution in [2.45, 2.75) is 39.2 Å². The zero-order chi connectivity index (χ0) is 14.7. The van der Waals surface area contributed by atoms with Crippen molar-refractivity contribution in [2.75, 3.05) is 26.7 Å². The molecule has 1 aromatic rings. The second-order valence-corrected chi connectivity index (χ2v) is 6.79. The summed E-state index contributed by atoms with van der Waals surface area (Å²) >= 11 is 0. The molecule has 0 amide bonds. The maximum atomic E-state index is 4.47. The fraction of sp³-hybridized carbons (Fsp3) is 0.750. The van der Waals surface area contributed by atoms with Crippen LogP contribution in [-0.2, 0) is 6.54 Å². The number of hydrogen-bond donors (Lipinski definition) is 1. The van der Waals surface area contributed by atoms with Crippen LogP contribution >= 0.6 is 24.0 Å². The number of aliphatic imine (C=N–C) groups is 1. The molecule has 1 unspecified atom stereocenters. The molecule has 0 radical (unpaired) electrons. The zero-order valence-electron chi connectivity index (χ0n) is 13.7. The highest BCUT2D eigenvalue weighted by Crippen LogP contribution is 2.47. The molecule has 5 nitrogen and oxygen atoms in total. The van der Waals surface area contributed by atoms with Gasteiger partial charge in [-0.15, -0.1) is 24.0 Å².